The Bertz CT molecular complexity index is 491. The summed E-state index contributed by atoms with van der Waals surface area (Å²) >= 11 is 3.34. The number of hydrogen-bond acceptors (Lipinski definition) is 2. The summed E-state index contributed by atoms with van der Waals surface area (Å²) in [7, 11) is 0. The molecule has 1 aromatic rings. The fraction of sp³-hybridized carbons (Fsp3) is 0.429. The zero-order chi connectivity index (χ0) is 15.1. The lowest BCUT2D eigenvalue weighted by atomic mass is 10.0. The number of benzene rings is 1. The average Bonchev–Trinajstić information content (AvgIpc) is 2.38. The number of carboxylic acids is 1. The molecule has 3 N–H and O–H groups in total. The number of nitrogens with one attached hydrogen (secondary N) is 2. The largest absolute Gasteiger partial charge is 0.481 e. The molecular weight excluding hydrogens is 324 g/mol. The molecule has 1 unspecified atom stereocenters. The zero-order valence-electron chi connectivity index (χ0n) is 11.6. The van der Waals surface area contributed by atoms with E-state index >= 15 is 0 Å². The molecule has 1 rings (SSSR count). The van der Waals surface area contributed by atoms with Crippen molar-refractivity contribution < 1.29 is 14.7 Å². The van der Waals surface area contributed by atoms with Crippen molar-refractivity contribution in [1.29, 1.82) is 0 Å². The van der Waals surface area contributed by atoms with Crippen LogP contribution in [0.2, 0.25) is 0 Å². The van der Waals surface area contributed by atoms with Gasteiger partial charge in [0.15, 0.2) is 0 Å². The molecule has 0 aromatic heterocycles. The summed E-state index contributed by atoms with van der Waals surface area (Å²) in [5.74, 6) is -1.43. The maximum Gasteiger partial charge on any atom is 0.319 e. The SMILES string of the molecule is CCCC(CNC(=O)Nc1cc(Br)ccc1C)C(=O)O. The number of rotatable bonds is 6. The number of anilines is 1. The van der Waals surface area contributed by atoms with Crippen molar-refractivity contribution in [2.75, 3.05) is 11.9 Å². The minimum Gasteiger partial charge on any atom is -0.481 e. The molecule has 20 heavy (non-hydrogen) atoms. The molecule has 110 valence electrons. The molecule has 0 heterocycles. The fourth-order valence-electron chi connectivity index (χ4n) is 1.77. The van der Waals surface area contributed by atoms with Gasteiger partial charge in [-0.15, -0.1) is 0 Å². The van der Waals surface area contributed by atoms with Crippen LogP contribution in [0.15, 0.2) is 22.7 Å². The van der Waals surface area contributed by atoms with Gasteiger partial charge in [0.25, 0.3) is 0 Å². The highest BCUT2D eigenvalue weighted by Gasteiger charge is 2.17. The van der Waals surface area contributed by atoms with Gasteiger partial charge in [0.05, 0.1) is 5.92 Å². The van der Waals surface area contributed by atoms with Crippen LogP contribution in [0.5, 0.6) is 0 Å². The van der Waals surface area contributed by atoms with Gasteiger partial charge in [-0.3, -0.25) is 4.79 Å². The van der Waals surface area contributed by atoms with Gasteiger partial charge < -0.3 is 15.7 Å². The van der Waals surface area contributed by atoms with Crippen LogP contribution in [0, 0.1) is 12.8 Å². The van der Waals surface area contributed by atoms with Gasteiger partial charge in [-0.05, 0) is 31.0 Å². The van der Waals surface area contributed by atoms with Crippen LogP contribution in [0.1, 0.15) is 25.3 Å². The Morgan fingerprint density at radius 1 is 1.40 bits per heavy atom. The topological polar surface area (TPSA) is 78.4 Å². The molecule has 5 nitrogen and oxygen atoms in total. The Morgan fingerprint density at radius 2 is 2.10 bits per heavy atom. The minimum absolute atomic E-state index is 0.127. The normalized spacial score (nSPS) is 11.8. The van der Waals surface area contributed by atoms with Crippen molar-refractivity contribution in [3.05, 3.63) is 28.2 Å². The van der Waals surface area contributed by atoms with E-state index in [0.29, 0.717) is 12.1 Å². The van der Waals surface area contributed by atoms with E-state index in [4.69, 9.17) is 5.11 Å². The number of halogens is 1. The van der Waals surface area contributed by atoms with Gasteiger partial charge in [0.2, 0.25) is 0 Å². The van der Waals surface area contributed by atoms with Crippen molar-refractivity contribution in [3.8, 4) is 0 Å². The first kappa shape index (κ1) is 16.5. The molecule has 2 amide bonds. The molecule has 0 aliphatic carbocycles. The monoisotopic (exact) mass is 342 g/mol. The third kappa shape index (κ3) is 5.21. The molecule has 0 radical (unpaired) electrons. The summed E-state index contributed by atoms with van der Waals surface area (Å²) in [4.78, 5) is 22.8. The van der Waals surface area contributed by atoms with Gasteiger partial charge in [-0.2, -0.15) is 0 Å². The molecule has 1 aromatic carbocycles. The first-order valence-electron chi connectivity index (χ1n) is 6.47. The van der Waals surface area contributed by atoms with E-state index in [-0.39, 0.29) is 6.54 Å². The molecule has 0 aliphatic rings. The third-order valence-corrected chi connectivity index (χ3v) is 3.44. The van der Waals surface area contributed by atoms with Crippen molar-refractivity contribution >= 4 is 33.6 Å². The number of aliphatic carboxylic acids is 1. The third-order valence-electron chi connectivity index (χ3n) is 2.94. The van der Waals surface area contributed by atoms with Crippen molar-refractivity contribution in [3.63, 3.8) is 0 Å². The number of aryl methyl sites for hydroxylation is 1. The van der Waals surface area contributed by atoms with Crippen LogP contribution in [-0.2, 0) is 4.79 Å². The quantitative estimate of drug-likeness (QED) is 0.741. The van der Waals surface area contributed by atoms with Gasteiger partial charge in [0, 0.05) is 16.7 Å². The summed E-state index contributed by atoms with van der Waals surface area (Å²) in [5.41, 5.74) is 1.63. The number of carbonyl (C=O) groups is 2. The minimum atomic E-state index is -0.884. The molecule has 0 saturated heterocycles. The van der Waals surface area contributed by atoms with Crippen LogP contribution in [0.25, 0.3) is 0 Å². The number of amides is 2. The summed E-state index contributed by atoms with van der Waals surface area (Å²) in [5, 5.41) is 14.3. The number of carbonyl (C=O) groups excluding carboxylic acids is 1. The molecule has 0 fully saturated rings. The van der Waals surface area contributed by atoms with Crippen LogP contribution in [0.3, 0.4) is 0 Å². The van der Waals surface area contributed by atoms with E-state index < -0.39 is 17.9 Å². The first-order chi connectivity index (χ1) is 9.43. The Hall–Kier alpha value is -1.56. The predicted octanol–water partition coefficient (Wildman–Crippen LogP) is 3.38. The molecule has 6 heteroatoms. The molecule has 0 bridgehead atoms. The molecule has 0 spiro atoms. The highest BCUT2D eigenvalue weighted by Crippen LogP contribution is 2.20. The Kier molecular flexibility index (Phi) is 6.51. The van der Waals surface area contributed by atoms with Gasteiger partial charge in [-0.25, -0.2) is 4.79 Å². The maximum atomic E-state index is 11.8. The van der Waals surface area contributed by atoms with E-state index in [2.05, 4.69) is 26.6 Å². The average molecular weight is 343 g/mol. The lowest BCUT2D eigenvalue weighted by Gasteiger charge is -2.14. The summed E-state index contributed by atoms with van der Waals surface area (Å²) < 4.78 is 0.868. The molecule has 1 atom stereocenters. The number of carboxylic acid groups (broad SMARTS) is 1. The van der Waals surface area contributed by atoms with E-state index in [1.807, 2.05) is 26.0 Å². The van der Waals surface area contributed by atoms with Crippen LogP contribution >= 0.6 is 15.9 Å². The smallest absolute Gasteiger partial charge is 0.319 e. The van der Waals surface area contributed by atoms with Crippen LogP contribution in [0.4, 0.5) is 10.5 Å². The molecule has 0 aliphatic heterocycles. The summed E-state index contributed by atoms with van der Waals surface area (Å²) in [6.07, 6.45) is 1.32. The predicted molar refractivity (Wildman–Crippen MR) is 81.9 cm³/mol. The lowest BCUT2D eigenvalue weighted by molar-refractivity contribution is -0.141. The van der Waals surface area contributed by atoms with Crippen LogP contribution < -0.4 is 10.6 Å². The van der Waals surface area contributed by atoms with E-state index in [1.54, 1.807) is 6.07 Å². The summed E-state index contributed by atoms with van der Waals surface area (Å²) in [6.45, 7) is 3.93. The first-order valence-corrected chi connectivity index (χ1v) is 7.27. The fourth-order valence-corrected chi connectivity index (χ4v) is 2.13. The van der Waals surface area contributed by atoms with Gasteiger partial charge in [0.1, 0.15) is 0 Å². The Morgan fingerprint density at radius 3 is 2.70 bits per heavy atom. The number of hydrogen-bond donors (Lipinski definition) is 3. The van der Waals surface area contributed by atoms with E-state index in [1.165, 1.54) is 0 Å². The van der Waals surface area contributed by atoms with Gasteiger partial charge in [-0.1, -0.05) is 35.3 Å². The van der Waals surface area contributed by atoms with E-state index in [0.717, 1.165) is 16.5 Å². The zero-order valence-corrected chi connectivity index (χ0v) is 13.2. The van der Waals surface area contributed by atoms with Crippen LogP contribution in [-0.4, -0.2) is 23.7 Å². The number of urea groups is 1. The van der Waals surface area contributed by atoms with Gasteiger partial charge >= 0.3 is 12.0 Å². The van der Waals surface area contributed by atoms with Crippen molar-refractivity contribution in [2.24, 2.45) is 5.92 Å². The van der Waals surface area contributed by atoms with E-state index in [9.17, 15) is 9.59 Å². The summed E-state index contributed by atoms with van der Waals surface area (Å²) in [6, 6.07) is 5.18. The van der Waals surface area contributed by atoms with Crippen molar-refractivity contribution in [1.82, 2.24) is 5.32 Å². The Balaban J connectivity index is 2.55. The van der Waals surface area contributed by atoms with Crippen molar-refractivity contribution in [2.45, 2.75) is 26.7 Å². The standard InChI is InChI=1S/C14H19BrN2O3/c1-3-4-10(13(18)19)8-16-14(20)17-12-7-11(15)6-5-9(12)2/h5-7,10H,3-4,8H2,1-2H3,(H,18,19)(H2,16,17,20). The second-order valence-corrected chi connectivity index (χ2v) is 5.53. The highest BCUT2D eigenvalue weighted by atomic mass is 79.9. The second kappa shape index (κ2) is 7.89. The maximum absolute atomic E-state index is 11.8. The second-order valence-electron chi connectivity index (χ2n) is 4.62. The highest BCUT2D eigenvalue weighted by molar-refractivity contribution is 9.10. The molecule has 0 saturated carbocycles. The lowest BCUT2D eigenvalue weighted by Crippen LogP contribution is -2.35. The molecular formula is C14H19BrN2O3. The Labute approximate surface area is 126 Å².